The van der Waals surface area contributed by atoms with Gasteiger partial charge in [-0.3, -0.25) is 14.5 Å². The van der Waals surface area contributed by atoms with E-state index in [1.165, 1.54) is 11.1 Å². The van der Waals surface area contributed by atoms with Crippen LogP contribution in [0.25, 0.3) is 0 Å². The minimum Gasteiger partial charge on any atom is -0.354 e. The molecule has 0 saturated heterocycles. The Balaban J connectivity index is 1.36. The predicted molar refractivity (Wildman–Crippen MR) is 111 cm³/mol. The molecule has 2 aromatic rings. The lowest BCUT2D eigenvalue weighted by Gasteiger charge is -2.28. The van der Waals surface area contributed by atoms with E-state index < -0.39 is 6.04 Å². The molecule has 0 bridgehead atoms. The first-order chi connectivity index (χ1) is 13.5. The molecule has 1 aliphatic heterocycles. The molecule has 28 heavy (non-hydrogen) atoms. The van der Waals surface area contributed by atoms with Crippen molar-refractivity contribution in [1.82, 2.24) is 15.5 Å². The Bertz CT molecular complexity index is 823. The van der Waals surface area contributed by atoms with Crippen LogP contribution in [-0.4, -0.2) is 42.4 Å². The van der Waals surface area contributed by atoms with Gasteiger partial charge in [-0.05, 0) is 55.2 Å². The molecule has 2 amide bonds. The summed E-state index contributed by atoms with van der Waals surface area (Å²) in [6.45, 7) is 5.25. The van der Waals surface area contributed by atoms with Gasteiger partial charge in [0.1, 0.15) is 6.04 Å². The SMILES string of the molecule is C[C@H](NC(=O)c1ccc(Cl)cc1)C(=O)NCCCN1CCc2ccccc2C1. The summed E-state index contributed by atoms with van der Waals surface area (Å²) in [6.07, 6.45) is 1.96. The molecule has 2 aromatic carbocycles. The second-order valence-corrected chi connectivity index (χ2v) is 7.58. The van der Waals surface area contributed by atoms with Gasteiger partial charge in [-0.1, -0.05) is 35.9 Å². The van der Waals surface area contributed by atoms with Crippen LogP contribution in [0, 0.1) is 0 Å². The van der Waals surface area contributed by atoms with Crippen LogP contribution in [0.4, 0.5) is 0 Å². The third-order valence-corrected chi connectivity index (χ3v) is 5.26. The highest BCUT2D eigenvalue weighted by Gasteiger charge is 2.17. The summed E-state index contributed by atoms with van der Waals surface area (Å²) < 4.78 is 0. The summed E-state index contributed by atoms with van der Waals surface area (Å²) >= 11 is 5.83. The number of hydrogen-bond donors (Lipinski definition) is 2. The highest BCUT2D eigenvalue weighted by molar-refractivity contribution is 6.30. The molecule has 0 aliphatic carbocycles. The fraction of sp³-hybridized carbons (Fsp3) is 0.364. The van der Waals surface area contributed by atoms with E-state index in [1.54, 1.807) is 31.2 Å². The fourth-order valence-corrected chi connectivity index (χ4v) is 3.49. The Labute approximate surface area is 171 Å². The molecular formula is C22H26ClN3O2. The van der Waals surface area contributed by atoms with Gasteiger partial charge in [0, 0.05) is 36.8 Å². The van der Waals surface area contributed by atoms with Crippen molar-refractivity contribution in [3.63, 3.8) is 0 Å². The zero-order valence-corrected chi connectivity index (χ0v) is 16.8. The molecule has 1 heterocycles. The quantitative estimate of drug-likeness (QED) is 0.703. The number of hydrogen-bond acceptors (Lipinski definition) is 3. The summed E-state index contributed by atoms with van der Waals surface area (Å²) in [4.78, 5) is 26.8. The summed E-state index contributed by atoms with van der Waals surface area (Å²) in [5.41, 5.74) is 3.32. The molecule has 0 aromatic heterocycles. The minimum absolute atomic E-state index is 0.175. The summed E-state index contributed by atoms with van der Waals surface area (Å²) in [5, 5.41) is 6.19. The molecule has 0 radical (unpaired) electrons. The van der Waals surface area contributed by atoms with Crippen LogP contribution in [0.1, 0.15) is 34.8 Å². The summed E-state index contributed by atoms with van der Waals surface area (Å²) in [7, 11) is 0. The number of benzene rings is 2. The van der Waals surface area contributed by atoms with E-state index in [1.807, 2.05) is 0 Å². The molecule has 1 atom stereocenters. The first-order valence-corrected chi connectivity index (χ1v) is 10.0. The maximum atomic E-state index is 12.2. The highest BCUT2D eigenvalue weighted by atomic mass is 35.5. The molecule has 0 fully saturated rings. The van der Waals surface area contributed by atoms with E-state index in [9.17, 15) is 9.59 Å². The number of nitrogens with zero attached hydrogens (tertiary/aromatic N) is 1. The Morgan fingerprint density at radius 1 is 1.11 bits per heavy atom. The summed E-state index contributed by atoms with van der Waals surface area (Å²) in [6, 6.07) is 14.6. The number of nitrogens with one attached hydrogen (secondary N) is 2. The van der Waals surface area contributed by atoms with Gasteiger partial charge < -0.3 is 10.6 Å². The zero-order chi connectivity index (χ0) is 19.9. The van der Waals surface area contributed by atoms with Crippen molar-refractivity contribution in [2.24, 2.45) is 0 Å². The largest absolute Gasteiger partial charge is 0.354 e. The molecule has 148 valence electrons. The maximum Gasteiger partial charge on any atom is 0.251 e. The predicted octanol–water partition coefficient (Wildman–Crippen LogP) is 3.02. The van der Waals surface area contributed by atoms with Gasteiger partial charge in [-0.2, -0.15) is 0 Å². The van der Waals surface area contributed by atoms with E-state index in [0.717, 1.165) is 32.5 Å². The van der Waals surface area contributed by atoms with Gasteiger partial charge in [0.15, 0.2) is 0 Å². The number of halogens is 1. The van der Waals surface area contributed by atoms with Crippen molar-refractivity contribution in [3.05, 3.63) is 70.2 Å². The van der Waals surface area contributed by atoms with Crippen molar-refractivity contribution in [1.29, 1.82) is 0 Å². The van der Waals surface area contributed by atoms with Crippen molar-refractivity contribution >= 4 is 23.4 Å². The second-order valence-electron chi connectivity index (χ2n) is 7.14. The normalized spacial score (nSPS) is 14.8. The van der Waals surface area contributed by atoms with E-state index in [4.69, 9.17) is 11.6 Å². The van der Waals surface area contributed by atoms with E-state index in [-0.39, 0.29) is 11.8 Å². The average molecular weight is 400 g/mol. The van der Waals surface area contributed by atoms with Crippen molar-refractivity contribution in [2.75, 3.05) is 19.6 Å². The van der Waals surface area contributed by atoms with Crippen LogP contribution in [0.5, 0.6) is 0 Å². The molecule has 2 N–H and O–H groups in total. The molecule has 0 unspecified atom stereocenters. The Morgan fingerprint density at radius 3 is 2.57 bits per heavy atom. The van der Waals surface area contributed by atoms with Crippen LogP contribution >= 0.6 is 11.6 Å². The third-order valence-electron chi connectivity index (χ3n) is 5.01. The minimum atomic E-state index is -0.593. The van der Waals surface area contributed by atoms with Crippen LogP contribution in [0.2, 0.25) is 5.02 Å². The third kappa shape index (κ3) is 5.57. The van der Waals surface area contributed by atoms with Crippen molar-refractivity contribution < 1.29 is 9.59 Å². The molecule has 0 saturated carbocycles. The van der Waals surface area contributed by atoms with Gasteiger partial charge in [-0.25, -0.2) is 0 Å². The van der Waals surface area contributed by atoms with Gasteiger partial charge in [0.2, 0.25) is 5.91 Å². The summed E-state index contributed by atoms with van der Waals surface area (Å²) in [5.74, 6) is -0.461. The van der Waals surface area contributed by atoms with Crippen molar-refractivity contribution in [3.8, 4) is 0 Å². The lowest BCUT2D eigenvalue weighted by Crippen LogP contribution is -2.45. The molecule has 5 nitrogen and oxygen atoms in total. The number of carbonyl (C=O) groups excluding carboxylic acids is 2. The number of rotatable bonds is 7. The molecule has 6 heteroatoms. The number of carbonyl (C=O) groups is 2. The van der Waals surface area contributed by atoms with Gasteiger partial charge >= 0.3 is 0 Å². The molecule has 1 aliphatic rings. The first kappa shape index (κ1) is 20.4. The van der Waals surface area contributed by atoms with Crippen LogP contribution in [0.3, 0.4) is 0 Å². The second kappa shape index (κ2) is 9.71. The Hall–Kier alpha value is -2.37. The van der Waals surface area contributed by atoms with Gasteiger partial charge in [0.05, 0.1) is 0 Å². The first-order valence-electron chi connectivity index (χ1n) is 9.66. The van der Waals surface area contributed by atoms with Crippen LogP contribution in [0.15, 0.2) is 48.5 Å². The van der Waals surface area contributed by atoms with E-state index in [2.05, 4.69) is 39.8 Å². The Kier molecular flexibility index (Phi) is 7.06. The Morgan fingerprint density at radius 2 is 1.82 bits per heavy atom. The molecular weight excluding hydrogens is 374 g/mol. The lowest BCUT2D eigenvalue weighted by molar-refractivity contribution is -0.122. The van der Waals surface area contributed by atoms with E-state index >= 15 is 0 Å². The zero-order valence-electron chi connectivity index (χ0n) is 16.1. The van der Waals surface area contributed by atoms with Gasteiger partial charge in [0.25, 0.3) is 5.91 Å². The standard InChI is InChI=1S/C22H26ClN3O2/c1-16(25-22(28)18-7-9-20(23)10-8-18)21(27)24-12-4-13-26-14-11-17-5-2-3-6-19(17)15-26/h2-3,5-10,16H,4,11-15H2,1H3,(H,24,27)(H,25,28)/t16-/m0/s1. The fourth-order valence-electron chi connectivity index (χ4n) is 3.36. The molecule has 3 rings (SSSR count). The van der Waals surface area contributed by atoms with Crippen molar-refractivity contribution in [2.45, 2.75) is 32.4 Å². The average Bonchev–Trinajstić information content (AvgIpc) is 2.71. The number of amides is 2. The molecule has 0 spiro atoms. The topological polar surface area (TPSA) is 61.4 Å². The van der Waals surface area contributed by atoms with Crippen LogP contribution in [-0.2, 0) is 17.8 Å². The lowest BCUT2D eigenvalue weighted by atomic mass is 10.00. The van der Waals surface area contributed by atoms with E-state index in [0.29, 0.717) is 17.1 Å². The highest BCUT2D eigenvalue weighted by Crippen LogP contribution is 2.18. The van der Waals surface area contributed by atoms with Crippen LogP contribution < -0.4 is 10.6 Å². The van der Waals surface area contributed by atoms with Gasteiger partial charge in [-0.15, -0.1) is 0 Å². The smallest absolute Gasteiger partial charge is 0.251 e. The monoisotopic (exact) mass is 399 g/mol. The number of fused-ring (bicyclic) bond motifs is 1. The maximum absolute atomic E-state index is 12.2.